The maximum Gasteiger partial charge on any atom is 0.313 e. The van der Waals surface area contributed by atoms with E-state index in [4.69, 9.17) is 9.47 Å². The summed E-state index contributed by atoms with van der Waals surface area (Å²) in [7, 11) is 3.64. The fourth-order valence-corrected chi connectivity index (χ4v) is 4.56. The number of nitrogens with one attached hydrogen (secondary N) is 2. The number of hydrogen-bond acceptors (Lipinski definition) is 6. The van der Waals surface area contributed by atoms with E-state index < -0.39 is 11.8 Å². The van der Waals surface area contributed by atoms with Gasteiger partial charge in [0.2, 0.25) is 0 Å². The molecule has 2 aliphatic heterocycles. The second kappa shape index (κ2) is 10.7. The molecule has 33 heavy (non-hydrogen) atoms. The molecule has 8 heteroatoms. The molecule has 0 aliphatic carbocycles. The van der Waals surface area contributed by atoms with Crippen molar-refractivity contribution in [2.75, 3.05) is 63.8 Å². The summed E-state index contributed by atoms with van der Waals surface area (Å²) in [5, 5.41) is 5.48. The molecule has 2 aromatic carbocycles. The highest BCUT2D eigenvalue weighted by atomic mass is 16.5. The maximum absolute atomic E-state index is 12.6. The maximum atomic E-state index is 12.6. The van der Waals surface area contributed by atoms with Gasteiger partial charge in [-0.1, -0.05) is 24.3 Å². The van der Waals surface area contributed by atoms with E-state index in [9.17, 15) is 9.59 Å². The van der Waals surface area contributed by atoms with E-state index in [2.05, 4.69) is 45.7 Å². The molecule has 176 valence electrons. The monoisotopic (exact) mass is 452 g/mol. The lowest BCUT2D eigenvalue weighted by Gasteiger charge is -2.36. The number of hydrogen-bond donors (Lipinski definition) is 2. The van der Waals surface area contributed by atoms with Gasteiger partial charge in [0.1, 0.15) is 5.75 Å². The molecule has 2 N–H and O–H groups in total. The third kappa shape index (κ3) is 5.46. The Labute approximate surface area is 194 Å². The smallest absolute Gasteiger partial charge is 0.313 e. The number of aryl methyl sites for hydroxylation is 1. The fourth-order valence-electron chi connectivity index (χ4n) is 4.56. The minimum absolute atomic E-state index is 0.0329. The van der Waals surface area contributed by atoms with Crippen LogP contribution in [0.25, 0.3) is 0 Å². The predicted molar refractivity (Wildman–Crippen MR) is 128 cm³/mol. The first-order valence-electron chi connectivity index (χ1n) is 11.4. The summed E-state index contributed by atoms with van der Waals surface area (Å²) in [6.45, 7) is 4.29. The Morgan fingerprint density at radius 3 is 2.67 bits per heavy atom. The number of amides is 2. The summed E-state index contributed by atoms with van der Waals surface area (Å²) >= 11 is 0. The van der Waals surface area contributed by atoms with Crippen molar-refractivity contribution in [1.82, 2.24) is 10.2 Å². The van der Waals surface area contributed by atoms with E-state index >= 15 is 0 Å². The molecule has 2 aliphatic rings. The Kier molecular flexibility index (Phi) is 7.47. The van der Waals surface area contributed by atoms with Gasteiger partial charge in [0.25, 0.3) is 0 Å². The van der Waals surface area contributed by atoms with Gasteiger partial charge in [-0.25, -0.2) is 0 Å². The van der Waals surface area contributed by atoms with Gasteiger partial charge in [-0.2, -0.15) is 0 Å². The van der Waals surface area contributed by atoms with Crippen molar-refractivity contribution in [3.8, 4) is 5.75 Å². The Morgan fingerprint density at radius 2 is 1.88 bits per heavy atom. The molecule has 0 saturated carbocycles. The molecule has 2 amide bonds. The average Bonchev–Trinajstić information content (AvgIpc) is 2.85. The first kappa shape index (κ1) is 23.1. The standard InChI is InChI=1S/C25H32N4O4/c1-28-11-5-6-18-16-19(9-10-21(18)28)22(29-12-14-33-15-13-29)17-26-24(30)25(31)27-20-7-3-4-8-23(20)32-2/h3-4,7-10,16,22H,5-6,11-15,17H2,1-2H3,(H,26,30)(H,27,31)/t22-/m1/s1. The number of methoxy groups -OCH3 is 1. The van der Waals surface area contributed by atoms with Gasteiger partial charge in [-0.3, -0.25) is 14.5 Å². The molecule has 4 rings (SSSR count). The Bertz CT molecular complexity index is 990. The van der Waals surface area contributed by atoms with Crippen molar-refractivity contribution in [1.29, 1.82) is 0 Å². The van der Waals surface area contributed by atoms with E-state index in [0.29, 0.717) is 31.2 Å². The zero-order valence-corrected chi connectivity index (χ0v) is 19.3. The van der Waals surface area contributed by atoms with Crippen LogP contribution in [0.4, 0.5) is 11.4 Å². The summed E-state index contributed by atoms with van der Waals surface area (Å²) in [5.74, 6) is -0.881. The van der Waals surface area contributed by atoms with Crippen molar-refractivity contribution >= 4 is 23.2 Å². The lowest BCUT2D eigenvalue weighted by Crippen LogP contribution is -2.45. The number of ether oxygens (including phenoxy) is 2. The number of benzene rings is 2. The first-order chi connectivity index (χ1) is 16.1. The highest BCUT2D eigenvalue weighted by Crippen LogP contribution is 2.31. The zero-order chi connectivity index (χ0) is 23.2. The first-order valence-corrected chi connectivity index (χ1v) is 11.4. The van der Waals surface area contributed by atoms with Crippen LogP contribution in [0, 0.1) is 0 Å². The van der Waals surface area contributed by atoms with Crippen LogP contribution in [-0.4, -0.2) is 70.3 Å². The molecular weight excluding hydrogens is 420 g/mol. The second-order valence-electron chi connectivity index (χ2n) is 8.44. The Hall–Kier alpha value is -3.10. The summed E-state index contributed by atoms with van der Waals surface area (Å²) in [6.07, 6.45) is 2.19. The molecule has 8 nitrogen and oxygen atoms in total. The van der Waals surface area contributed by atoms with Crippen LogP contribution in [0.2, 0.25) is 0 Å². The largest absolute Gasteiger partial charge is 0.495 e. The van der Waals surface area contributed by atoms with E-state index in [-0.39, 0.29) is 6.04 Å². The van der Waals surface area contributed by atoms with E-state index in [1.165, 1.54) is 18.4 Å². The predicted octanol–water partition coefficient (Wildman–Crippen LogP) is 2.21. The van der Waals surface area contributed by atoms with Crippen LogP contribution in [0.3, 0.4) is 0 Å². The minimum Gasteiger partial charge on any atom is -0.495 e. The van der Waals surface area contributed by atoms with E-state index in [1.807, 2.05) is 0 Å². The number of fused-ring (bicyclic) bond motifs is 1. The van der Waals surface area contributed by atoms with Crippen molar-refractivity contribution in [3.05, 3.63) is 53.6 Å². The van der Waals surface area contributed by atoms with Crippen LogP contribution in [-0.2, 0) is 20.7 Å². The average molecular weight is 453 g/mol. The second-order valence-corrected chi connectivity index (χ2v) is 8.44. The lowest BCUT2D eigenvalue weighted by atomic mass is 9.95. The van der Waals surface area contributed by atoms with E-state index in [1.54, 1.807) is 24.3 Å². The van der Waals surface area contributed by atoms with Crippen LogP contribution in [0.5, 0.6) is 5.75 Å². The number of carbonyl (C=O) groups excluding carboxylic acids is 2. The molecule has 2 aromatic rings. The lowest BCUT2D eigenvalue weighted by molar-refractivity contribution is -0.136. The molecule has 0 spiro atoms. The number of carbonyl (C=O) groups is 2. The molecule has 0 radical (unpaired) electrons. The van der Waals surface area contributed by atoms with Crippen LogP contribution < -0.4 is 20.3 Å². The molecule has 1 fully saturated rings. The van der Waals surface area contributed by atoms with Gasteiger partial charge >= 0.3 is 11.8 Å². The number of para-hydroxylation sites is 2. The van der Waals surface area contributed by atoms with Gasteiger partial charge in [-0.15, -0.1) is 0 Å². The third-order valence-electron chi connectivity index (χ3n) is 6.34. The van der Waals surface area contributed by atoms with Crippen molar-refractivity contribution in [2.45, 2.75) is 18.9 Å². The minimum atomic E-state index is -0.715. The molecular formula is C25H32N4O4. The summed E-state index contributed by atoms with van der Waals surface area (Å²) in [5.41, 5.74) is 4.21. The van der Waals surface area contributed by atoms with E-state index in [0.717, 1.165) is 38.0 Å². The van der Waals surface area contributed by atoms with Crippen LogP contribution in [0.15, 0.2) is 42.5 Å². The third-order valence-corrected chi connectivity index (χ3v) is 6.34. The van der Waals surface area contributed by atoms with Crippen LogP contribution >= 0.6 is 0 Å². The molecule has 0 unspecified atom stereocenters. The molecule has 0 bridgehead atoms. The van der Waals surface area contributed by atoms with Gasteiger partial charge in [-0.05, 0) is 42.2 Å². The number of nitrogens with zero attached hydrogens (tertiary/aromatic N) is 2. The van der Waals surface area contributed by atoms with Crippen molar-refractivity contribution < 1.29 is 19.1 Å². The Balaban J connectivity index is 1.47. The van der Waals surface area contributed by atoms with Gasteiger partial charge in [0.15, 0.2) is 0 Å². The van der Waals surface area contributed by atoms with Crippen LogP contribution in [0.1, 0.15) is 23.6 Å². The van der Waals surface area contributed by atoms with Crippen molar-refractivity contribution in [2.24, 2.45) is 0 Å². The quantitative estimate of drug-likeness (QED) is 0.654. The van der Waals surface area contributed by atoms with Crippen molar-refractivity contribution in [3.63, 3.8) is 0 Å². The molecule has 0 aromatic heterocycles. The SMILES string of the molecule is COc1ccccc1NC(=O)C(=O)NC[C@H](c1ccc2c(c1)CCCN2C)N1CCOCC1. The highest BCUT2D eigenvalue weighted by molar-refractivity contribution is 6.39. The molecule has 1 saturated heterocycles. The summed E-state index contributed by atoms with van der Waals surface area (Å²) in [6, 6.07) is 13.5. The van der Waals surface area contributed by atoms with Gasteiger partial charge in [0, 0.05) is 38.9 Å². The normalized spacial score (nSPS) is 17.1. The Morgan fingerprint density at radius 1 is 1.09 bits per heavy atom. The van der Waals surface area contributed by atoms with Gasteiger partial charge in [0.05, 0.1) is 32.1 Å². The molecule has 1 atom stereocenters. The van der Waals surface area contributed by atoms with Gasteiger partial charge < -0.3 is 25.0 Å². The number of rotatable bonds is 6. The number of morpholine rings is 1. The summed E-state index contributed by atoms with van der Waals surface area (Å²) < 4.78 is 10.8. The highest BCUT2D eigenvalue weighted by Gasteiger charge is 2.26. The topological polar surface area (TPSA) is 83.1 Å². The summed E-state index contributed by atoms with van der Waals surface area (Å²) in [4.78, 5) is 29.7. The molecule has 2 heterocycles. The fraction of sp³-hybridized carbons (Fsp3) is 0.440. The zero-order valence-electron chi connectivity index (χ0n) is 19.3. The number of anilines is 2.